The molecule has 0 saturated carbocycles. The van der Waals surface area contributed by atoms with Gasteiger partial charge in [-0.3, -0.25) is 0 Å². The number of amides is 2. The molecule has 1 atom stereocenters. The van der Waals surface area contributed by atoms with Crippen LogP contribution in [0.25, 0.3) is 0 Å². The van der Waals surface area contributed by atoms with Crippen molar-refractivity contribution in [3.63, 3.8) is 0 Å². The van der Waals surface area contributed by atoms with Gasteiger partial charge in [0.05, 0.1) is 11.6 Å². The number of alkyl halides is 3. The van der Waals surface area contributed by atoms with E-state index in [9.17, 15) is 18.0 Å². The van der Waals surface area contributed by atoms with E-state index in [1.165, 1.54) is 17.0 Å². The monoisotopic (exact) mass is 405 g/mol. The van der Waals surface area contributed by atoms with Gasteiger partial charge in [0.2, 0.25) is 0 Å². The molecule has 0 aliphatic carbocycles. The van der Waals surface area contributed by atoms with Crippen LogP contribution in [0, 0.1) is 0 Å². The molecule has 0 spiro atoms. The van der Waals surface area contributed by atoms with Crippen LogP contribution in [-0.2, 0) is 6.18 Å². The van der Waals surface area contributed by atoms with Crippen molar-refractivity contribution >= 4 is 28.9 Å². The van der Waals surface area contributed by atoms with Crippen molar-refractivity contribution in [2.45, 2.75) is 19.1 Å². The second kappa shape index (κ2) is 7.63. The molecule has 0 aromatic heterocycles. The fourth-order valence-electron chi connectivity index (χ4n) is 2.96. The first-order valence-corrected chi connectivity index (χ1v) is 8.88. The first kappa shape index (κ1) is 19.9. The Kier molecular flexibility index (Phi) is 5.42. The minimum absolute atomic E-state index is 0.353. The number of benzene rings is 2. The van der Waals surface area contributed by atoms with Gasteiger partial charge in [-0.05, 0) is 36.8 Å². The number of urea groups is 1. The molecule has 2 aromatic carbocycles. The van der Waals surface area contributed by atoms with Crippen LogP contribution in [-0.4, -0.2) is 23.0 Å². The number of allylic oxidation sites excluding steroid dienone is 1. The Hall–Kier alpha value is -2.87. The number of halogens is 3. The summed E-state index contributed by atoms with van der Waals surface area (Å²) in [5, 5.41) is 5.94. The van der Waals surface area contributed by atoms with Gasteiger partial charge in [-0.15, -0.1) is 0 Å². The maximum Gasteiger partial charge on any atom is 0.416 e. The van der Waals surface area contributed by atoms with Crippen LogP contribution in [0.2, 0.25) is 0 Å². The molecule has 2 amide bonds. The lowest BCUT2D eigenvalue weighted by Crippen LogP contribution is -2.46. The average Bonchev–Trinajstić information content (AvgIpc) is 2.66. The maximum absolute atomic E-state index is 12.9. The molecule has 0 radical (unpaired) electrons. The molecule has 0 saturated heterocycles. The first-order valence-electron chi connectivity index (χ1n) is 8.47. The molecule has 2 N–H and O–H groups in total. The third-order valence-corrected chi connectivity index (χ3v) is 4.92. The highest BCUT2D eigenvalue weighted by Gasteiger charge is 2.34. The lowest BCUT2D eigenvalue weighted by molar-refractivity contribution is -0.137. The molecular weight excluding hydrogens is 387 g/mol. The number of thiocarbonyl (C=S) groups is 1. The number of hydrogen-bond acceptors (Lipinski definition) is 2. The normalized spacial score (nSPS) is 17.4. The van der Waals surface area contributed by atoms with Crippen LogP contribution in [0.1, 0.15) is 24.1 Å². The lowest BCUT2D eigenvalue weighted by atomic mass is 9.94. The summed E-state index contributed by atoms with van der Waals surface area (Å²) in [4.78, 5) is 14.1. The van der Waals surface area contributed by atoms with Crippen LogP contribution < -0.4 is 10.6 Å². The summed E-state index contributed by atoms with van der Waals surface area (Å²) in [5.41, 5.74) is 1.80. The summed E-state index contributed by atoms with van der Waals surface area (Å²) in [7, 11) is 1.61. The molecule has 0 fully saturated rings. The highest BCUT2D eigenvalue weighted by Crippen LogP contribution is 2.34. The molecule has 3 rings (SSSR count). The zero-order valence-corrected chi connectivity index (χ0v) is 16.0. The zero-order valence-electron chi connectivity index (χ0n) is 15.2. The van der Waals surface area contributed by atoms with Crippen molar-refractivity contribution in [3.05, 3.63) is 77.0 Å². The number of para-hydroxylation sites is 1. The second-order valence-corrected chi connectivity index (χ2v) is 6.79. The van der Waals surface area contributed by atoms with Gasteiger partial charge in [0.25, 0.3) is 0 Å². The van der Waals surface area contributed by atoms with Gasteiger partial charge < -0.3 is 15.5 Å². The Morgan fingerprint density at radius 1 is 1.11 bits per heavy atom. The number of carbonyl (C=O) groups is 1. The fraction of sp³-hybridized carbons (Fsp3) is 0.200. The highest BCUT2D eigenvalue weighted by molar-refractivity contribution is 7.81. The molecule has 146 valence electrons. The number of carbonyl (C=O) groups excluding carboxylic acids is 1. The van der Waals surface area contributed by atoms with Crippen molar-refractivity contribution in [3.8, 4) is 0 Å². The van der Waals surface area contributed by atoms with Gasteiger partial charge in [0.1, 0.15) is 4.99 Å². The predicted molar refractivity (Wildman–Crippen MR) is 106 cm³/mol. The zero-order chi connectivity index (χ0) is 20.5. The van der Waals surface area contributed by atoms with Crippen LogP contribution in [0.3, 0.4) is 0 Å². The Morgan fingerprint density at radius 3 is 2.29 bits per heavy atom. The Bertz CT molecular complexity index is 924. The van der Waals surface area contributed by atoms with Crippen LogP contribution >= 0.6 is 12.2 Å². The van der Waals surface area contributed by atoms with E-state index in [0.29, 0.717) is 21.8 Å². The number of nitrogens with zero attached hydrogens (tertiary/aromatic N) is 1. The van der Waals surface area contributed by atoms with E-state index in [-0.39, 0.29) is 6.03 Å². The molecule has 1 heterocycles. The average molecular weight is 405 g/mol. The number of hydrogen-bond donors (Lipinski definition) is 2. The van der Waals surface area contributed by atoms with E-state index in [4.69, 9.17) is 12.2 Å². The minimum Gasteiger partial charge on any atom is -0.346 e. The topological polar surface area (TPSA) is 44.4 Å². The Labute approximate surface area is 166 Å². The number of rotatable bonds is 3. The second-order valence-electron chi connectivity index (χ2n) is 6.38. The quantitative estimate of drug-likeness (QED) is 0.697. The van der Waals surface area contributed by atoms with E-state index < -0.39 is 17.8 Å². The van der Waals surface area contributed by atoms with Gasteiger partial charge in [-0.25, -0.2) is 4.79 Å². The summed E-state index contributed by atoms with van der Waals surface area (Å²) >= 11 is 5.56. The van der Waals surface area contributed by atoms with Gasteiger partial charge >= 0.3 is 12.2 Å². The summed E-state index contributed by atoms with van der Waals surface area (Å²) in [5.74, 6) is 0. The SMILES string of the molecule is CC1=C(C(=S)Nc2ccccc2)[C@H](c2ccc(C(F)(F)F)cc2)NC(=O)N1C. The third kappa shape index (κ3) is 4.01. The molecule has 1 aliphatic rings. The number of nitrogens with one attached hydrogen (secondary N) is 2. The molecule has 1 aliphatic heterocycles. The van der Waals surface area contributed by atoms with Crippen molar-refractivity contribution < 1.29 is 18.0 Å². The molecule has 8 heteroatoms. The summed E-state index contributed by atoms with van der Waals surface area (Å²) in [6.07, 6.45) is -4.42. The summed E-state index contributed by atoms with van der Waals surface area (Å²) in [6.45, 7) is 1.75. The first-order chi connectivity index (χ1) is 13.2. The summed E-state index contributed by atoms with van der Waals surface area (Å²) < 4.78 is 38.6. The Balaban J connectivity index is 1.98. The molecule has 0 unspecified atom stereocenters. The number of anilines is 1. The summed E-state index contributed by atoms with van der Waals surface area (Å²) in [6, 6.07) is 13.0. The van der Waals surface area contributed by atoms with E-state index in [1.54, 1.807) is 14.0 Å². The third-order valence-electron chi connectivity index (χ3n) is 4.60. The molecule has 4 nitrogen and oxygen atoms in total. The largest absolute Gasteiger partial charge is 0.416 e. The van der Waals surface area contributed by atoms with Crippen molar-refractivity contribution in [1.29, 1.82) is 0 Å². The highest BCUT2D eigenvalue weighted by atomic mass is 32.1. The van der Waals surface area contributed by atoms with Gasteiger partial charge in [-0.1, -0.05) is 42.5 Å². The molecule has 28 heavy (non-hydrogen) atoms. The van der Waals surface area contributed by atoms with Crippen molar-refractivity contribution in [2.24, 2.45) is 0 Å². The maximum atomic E-state index is 12.9. The fourth-order valence-corrected chi connectivity index (χ4v) is 3.35. The van der Waals surface area contributed by atoms with Gasteiger partial charge in [0, 0.05) is 24.0 Å². The molecular formula is C20H18F3N3OS. The van der Waals surface area contributed by atoms with Crippen molar-refractivity contribution in [1.82, 2.24) is 10.2 Å². The minimum atomic E-state index is -4.42. The van der Waals surface area contributed by atoms with Crippen LogP contribution in [0.4, 0.5) is 23.7 Å². The van der Waals surface area contributed by atoms with Gasteiger partial charge in [-0.2, -0.15) is 13.2 Å². The standard InChI is InChI=1S/C20H18F3N3OS/c1-12-16(18(28)24-15-6-4-3-5-7-15)17(25-19(27)26(12)2)13-8-10-14(11-9-13)20(21,22)23/h3-11,17H,1-2H3,(H,24,28)(H,25,27)/t17-/m0/s1. The van der Waals surface area contributed by atoms with Crippen molar-refractivity contribution in [2.75, 3.05) is 12.4 Å². The van der Waals surface area contributed by atoms with E-state index in [2.05, 4.69) is 10.6 Å². The molecule has 0 bridgehead atoms. The Morgan fingerprint density at radius 2 is 1.71 bits per heavy atom. The van der Waals surface area contributed by atoms with Crippen LogP contribution in [0.15, 0.2) is 65.9 Å². The smallest absolute Gasteiger partial charge is 0.346 e. The molecule has 2 aromatic rings. The lowest BCUT2D eigenvalue weighted by Gasteiger charge is -2.35. The van der Waals surface area contributed by atoms with E-state index in [1.807, 2.05) is 30.3 Å². The van der Waals surface area contributed by atoms with E-state index in [0.717, 1.165) is 17.8 Å². The van der Waals surface area contributed by atoms with Gasteiger partial charge in [0.15, 0.2) is 0 Å². The van der Waals surface area contributed by atoms with Crippen LogP contribution in [0.5, 0.6) is 0 Å². The van der Waals surface area contributed by atoms with E-state index >= 15 is 0 Å². The predicted octanol–water partition coefficient (Wildman–Crippen LogP) is 5.12.